The molecule has 0 spiro atoms. The summed E-state index contributed by atoms with van der Waals surface area (Å²) < 4.78 is 0. The SMILES string of the molecule is CC(C)C(NC(=O)C(CCC(N)=O)NC(=O)C(NC(=O)C1CCCN1)C(C)O)C(=O)O. The van der Waals surface area contributed by atoms with Crippen LogP contribution in [0.3, 0.4) is 0 Å². The second-order valence-electron chi connectivity index (χ2n) is 8.01. The number of aliphatic hydroxyl groups excluding tert-OH is 1. The van der Waals surface area contributed by atoms with E-state index in [0.29, 0.717) is 13.0 Å². The van der Waals surface area contributed by atoms with Crippen LogP contribution in [0.4, 0.5) is 0 Å². The number of amides is 4. The number of carboxylic acid groups (broad SMARTS) is 1. The Morgan fingerprint density at radius 1 is 1.03 bits per heavy atom. The van der Waals surface area contributed by atoms with Crippen molar-refractivity contribution in [2.75, 3.05) is 6.54 Å². The van der Waals surface area contributed by atoms with Crippen LogP contribution >= 0.6 is 0 Å². The molecule has 12 nitrogen and oxygen atoms in total. The van der Waals surface area contributed by atoms with Gasteiger partial charge in [0.25, 0.3) is 0 Å². The summed E-state index contributed by atoms with van der Waals surface area (Å²) in [5.74, 6) is -4.51. The molecule has 0 radical (unpaired) electrons. The van der Waals surface area contributed by atoms with Crippen molar-refractivity contribution in [3.8, 4) is 0 Å². The summed E-state index contributed by atoms with van der Waals surface area (Å²) in [7, 11) is 0. The van der Waals surface area contributed by atoms with Gasteiger partial charge in [0.1, 0.15) is 18.1 Å². The van der Waals surface area contributed by atoms with Crippen molar-refractivity contribution in [1.29, 1.82) is 0 Å². The van der Waals surface area contributed by atoms with Crippen LogP contribution < -0.4 is 27.0 Å². The van der Waals surface area contributed by atoms with Gasteiger partial charge in [-0.25, -0.2) is 4.79 Å². The molecule has 4 amide bonds. The van der Waals surface area contributed by atoms with Crippen molar-refractivity contribution in [3.05, 3.63) is 0 Å². The number of nitrogens with two attached hydrogens (primary N) is 1. The average molecular weight is 444 g/mol. The molecule has 1 rings (SSSR count). The summed E-state index contributed by atoms with van der Waals surface area (Å²) in [4.78, 5) is 60.2. The molecule has 176 valence electrons. The Kier molecular flexibility index (Phi) is 10.4. The lowest BCUT2D eigenvalue weighted by atomic mass is 10.0. The maximum Gasteiger partial charge on any atom is 0.326 e. The van der Waals surface area contributed by atoms with E-state index in [1.807, 2.05) is 0 Å². The largest absolute Gasteiger partial charge is 0.480 e. The average Bonchev–Trinajstić information content (AvgIpc) is 3.20. The maximum atomic E-state index is 12.7. The van der Waals surface area contributed by atoms with Crippen molar-refractivity contribution in [2.45, 2.75) is 76.7 Å². The summed E-state index contributed by atoms with van der Waals surface area (Å²) in [5, 5.41) is 29.4. The van der Waals surface area contributed by atoms with Crippen molar-refractivity contribution in [1.82, 2.24) is 21.3 Å². The lowest BCUT2D eigenvalue weighted by molar-refractivity contribution is -0.143. The first-order valence-corrected chi connectivity index (χ1v) is 10.3. The molecular weight excluding hydrogens is 410 g/mol. The number of rotatable bonds is 12. The number of carbonyl (C=O) groups is 5. The third-order valence-corrected chi connectivity index (χ3v) is 4.98. The molecule has 0 aromatic carbocycles. The molecule has 0 aromatic heterocycles. The van der Waals surface area contributed by atoms with E-state index in [-0.39, 0.29) is 12.8 Å². The third kappa shape index (κ3) is 8.50. The van der Waals surface area contributed by atoms with E-state index in [9.17, 15) is 34.2 Å². The topological polar surface area (TPSA) is 200 Å². The molecule has 5 atom stereocenters. The van der Waals surface area contributed by atoms with Gasteiger partial charge in [0, 0.05) is 6.42 Å². The molecule has 5 unspecified atom stereocenters. The van der Waals surface area contributed by atoms with Gasteiger partial charge >= 0.3 is 5.97 Å². The van der Waals surface area contributed by atoms with Gasteiger partial charge in [-0.2, -0.15) is 0 Å². The fourth-order valence-corrected chi connectivity index (χ4v) is 3.15. The smallest absolute Gasteiger partial charge is 0.326 e. The summed E-state index contributed by atoms with van der Waals surface area (Å²) in [6.45, 7) is 5.18. The zero-order valence-corrected chi connectivity index (χ0v) is 18.0. The van der Waals surface area contributed by atoms with Gasteiger partial charge in [0.15, 0.2) is 0 Å². The van der Waals surface area contributed by atoms with E-state index in [2.05, 4.69) is 21.3 Å². The van der Waals surface area contributed by atoms with Crippen LogP contribution in [0, 0.1) is 5.92 Å². The Bertz CT molecular complexity index is 677. The van der Waals surface area contributed by atoms with Crippen molar-refractivity contribution >= 4 is 29.6 Å². The van der Waals surface area contributed by atoms with Gasteiger partial charge in [0.05, 0.1) is 12.1 Å². The van der Waals surface area contributed by atoms with Gasteiger partial charge in [0.2, 0.25) is 23.6 Å². The number of aliphatic carboxylic acids is 1. The number of carboxylic acids is 1. The zero-order chi connectivity index (χ0) is 23.7. The molecule has 1 aliphatic heterocycles. The van der Waals surface area contributed by atoms with Gasteiger partial charge in [-0.15, -0.1) is 0 Å². The summed E-state index contributed by atoms with van der Waals surface area (Å²) in [6.07, 6.45) is -0.292. The van der Waals surface area contributed by atoms with Crippen LogP contribution in [-0.4, -0.2) is 76.6 Å². The first kappa shape index (κ1) is 26.3. The molecule has 1 fully saturated rings. The van der Waals surface area contributed by atoms with Crippen LogP contribution in [0.5, 0.6) is 0 Å². The van der Waals surface area contributed by atoms with Crippen molar-refractivity contribution in [3.63, 3.8) is 0 Å². The van der Waals surface area contributed by atoms with Gasteiger partial charge in [-0.05, 0) is 38.6 Å². The lowest BCUT2D eigenvalue weighted by Crippen LogP contribution is -2.60. The minimum Gasteiger partial charge on any atom is -0.480 e. The van der Waals surface area contributed by atoms with Crippen LogP contribution in [0.1, 0.15) is 46.5 Å². The van der Waals surface area contributed by atoms with Crippen LogP contribution in [-0.2, 0) is 24.0 Å². The molecule has 1 saturated heterocycles. The zero-order valence-electron chi connectivity index (χ0n) is 18.0. The second kappa shape index (κ2) is 12.2. The number of carbonyl (C=O) groups excluding carboxylic acids is 4. The molecule has 0 saturated carbocycles. The quantitative estimate of drug-likeness (QED) is 0.173. The Morgan fingerprint density at radius 3 is 2.13 bits per heavy atom. The fraction of sp³-hybridized carbons (Fsp3) is 0.737. The number of hydrogen-bond acceptors (Lipinski definition) is 7. The first-order chi connectivity index (χ1) is 14.4. The summed E-state index contributed by atoms with van der Waals surface area (Å²) in [5.41, 5.74) is 5.13. The lowest BCUT2D eigenvalue weighted by Gasteiger charge is -2.27. The number of hydrogen-bond donors (Lipinski definition) is 7. The molecule has 0 aliphatic carbocycles. The Hall–Kier alpha value is -2.73. The third-order valence-electron chi connectivity index (χ3n) is 4.98. The standard InChI is InChI=1S/C19H33N5O7/c1-9(2)14(19(30)31)23-17(28)12(6-7-13(20)26)22-18(29)15(10(3)25)24-16(27)11-5-4-8-21-11/h9-12,14-15,21,25H,4-8H2,1-3H3,(H2,20,26)(H,22,29)(H,23,28)(H,24,27)(H,30,31). The monoisotopic (exact) mass is 443 g/mol. The molecule has 1 aliphatic rings. The minimum atomic E-state index is -1.35. The van der Waals surface area contributed by atoms with Crippen LogP contribution in [0.2, 0.25) is 0 Å². The van der Waals surface area contributed by atoms with Crippen LogP contribution in [0.15, 0.2) is 0 Å². The van der Waals surface area contributed by atoms with Crippen molar-refractivity contribution in [2.24, 2.45) is 11.7 Å². The highest BCUT2D eigenvalue weighted by molar-refractivity contribution is 5.94. The number of primary amides is 1. The molecule has 1 heterocycles. The highest BCUT2D eigenvalue weighted by Gasteiger charge is 2.34. The molecule has 31 heavy (non-hydrogen) atoms. The highest BCUT2D eigenvalue weighted by Crippen LogP contribution is 2.08. The van der Waals surface area contributed by atoms with E-state index >= 15 is 0 Å². The molecule has 0 aromatic rings. The predicted octanol–water partition coefficient (Wildman–Crippen LogP) is -2.42. The Labute approximate surface area is 180 Å². The van der Waals surface area contributed by atoms with E-state index in [1.165, 1.54) is 6.92 Å². The number of nitrogens with one attached hydrogen (secondary N) is 4. The van der Waals surface area contributed by atoms with Gasteiger partial charge in [-0.1, -0.05) is 13.8 Å². The first-order valence-electron chi connectivity index (χ1n) is 10.3. The van der Waals surface area contributed by atoms with Gasteiger partial charge in [-0.3, -0.25) is 19.2 Å². The fourth-order valence-electron chi connectivity index (χ4n) is 3.15. The minimum absolute atomic E-state index is 0.179. The van der Waals surface area contributed by atoms with Gasteiger partial charge < -0.3 is 37.2 Å². The summed E-state index contributed by atoms with van der Waals surface area (Å²) in [6, 6.07) is -4.32. The molecule has 8 N–H and O–H groups in total. The van der Waals surface area contributed by atoms with E-state index in [1.54, 1.807) is 13.8 Å². The summed E-state index contributed by atoms with van der Waals surface area (Å²) >= 11 is 0. The van der Waals surface area contributed by atoms with Crippen LogP contribution in [0.25, 0.3) is 0 Å². The Morgan fingerprint density at radius 2 is 1.68 bits per heavy atom. The Balaban J connectivity index is 2.91. The number of aliphatic hydroxyl groups is 1. The predicted molar refractivity (Wildman–Crippen MR) is 109 cm³/mol. The highest BCUT2D eigenvalue weighted by atomic mass is 16.4. The maximum absolute atomic E-state index is 12.7. The normalized spacial score (nSPS) is 19.7. The molecular formula is C19H33N5O7. The van der Waals surface area contributed by atoms with E-state index in [0.717, 1.165) is 6.42 Å². The van der Waals surface area contributed by atoms with Crippen molar-refractivity contribution < 1.29 is 34.2 Å². The molecule has 12 heteroatoms. The molecule has 0 bridgehead atoms. The van der Waals surface area contributed by atoms with E-state index in [4.69, 9.17) is 5.73 Å². The van der Waals surface area contributed by atoms with E-state index < -0.39 is 65.8 Å². The second-order valence-corrected chi connectivity index (χ2v) is 8.01.